The predicted octanol–water partition coefficient (Wildman–Crippen LogP) is 2.64. The molecule has 0 aromatic carbocycles. The van der Waals surface area contributed by atoms with E-state index in [1.807, 2.05) is 0 Å². The summed E-state index contributed by atoms with van der Waals surface area (Å²) in [5, 5.41) is 13.5. The molecule has 1 saturated heterocycles. The van der Waals surface area contributed by atoms with Gasteiger partial charge in [-0.25, -0.2) is 0 Å². The maximum absolute atomic E-state index is 9.65. The lowest BCUT2D eigenvalue weighted by molar-refractivity contribution is 0.0433. The summed E-state index contributed by atoms with van der Waals surface area (Å²) in [4.78, 5) is 2.58. The van der Waals surface area contributed by atoms with Crippen molar-refractivity contribution in [3.05, 3.63) is 0 Å². The molecule has 2 N–H and O–H groups in total. The van der Waals surface area contributed by atoms with Crippen molar-refractivity contribution in [2.75, 3.05) is 26.2 Å². The van der Waals surface area contributed by atoms with Crippen LogP contribution < -0.4 is 5.32 Å². The first-order valence-electron chi connectivity index (χ1n) is 8.66. The molecule has 1 heterocycles. The quantitative estimate of drug-likeness (QED) is 0.814. The van der Waals surface area contributed by atoms with E-state index in [1.165, 1.54) is 32.2 Å². The second-order valence-electron chi connectivity index (χ2n) is 7.60. The van der Waals surface area contributed by atoms with Crippen molar-refractivity contribution in [1.29, 1.82) is 0 Å². The molecule has 1 aliphatic heterocycles. The number of nitrogens with zero attached hydrogens (tertiary/aromatic N) is 1. The molecule has 1 saturated carbocycles. The zero-order valence-corrected chi connectivity index (χ0v) is 13.7. The van der Waals surface area contributed by atoms with Crippen LogP contribution >= 0.6 is 0 Å². The highest BCUT2D eigenvalue weighted by Crippen LogP contribution is 2.39. The first kappa shape index (κ1) is 16.3. The summed E-state index contributed by atoms with van der Waals surface area (Å²) in [6, 6.07) is 0.656. The van der Waals surface area contributed by atoms with Crippen LogP contribution in [0.4, 0.5) is 0 Å². The van der Waals surface area contributed by atoms with Crippen molar-refractivity contribution < 1.29 is 5.11 Å². The van der Waals surface area contributed by atoms with Crippen molar-refractivity contribution in [3.63, 3.8) is 0 Å². The van der Waals surface area contributed by atoms with Gasteiger partial charge in [0.25, 0.3) is 0 Å². The molecule has 2 rings (SSSR count). The lowest BCUT2D eigenvalue weighted by Crippen LogP contribution is -2.53. The maximum Gasteiger partial charge on any atom is 0.0564 e. The van der Waals surface area contributed by atoms with Crippen molar-refractivity contribution in [3.8, 4) is 0 Å². The summed E-state index contributed by atoms with van der Waals surface area (Å²) >= 11 is 0. The second kappa shape index (κ2) is 7.24. The van der Waals surface area contributed by atoms with Crippen LogP contribution in [-0.2, 0) is 0 Å². The minimum Gasteiger partial charge on any atom is -0.393 e. The molecule has 0 spiro atoms. The summed E-state index contributed by atoms with van der Waals surface area (Å²) in [7, 11) is 0. The lowest BCUT2D eigenvalue weighted by Gasteiger charge is -2.46. The average Bonchev–Trinajstić information content (AvgIpc) is 2.40. The Morgan fingerprint density at radius 2 is 1.90 bits per heavy atom. The summed E-state index contributed by atoms with van der Waals surface area (Å²) in [5.74, 6) is 0.778. The molecule has 1 aliphatic carbocycles. The Bertz CT molecular complexity index is 285. The van der Waals surface area contributed by atoms with E-state index in [-0.39, 0.29) is 6.10 Å². The largest absolute Gasteiger partial charge is 0.393 e. The molecule has 3 heteroatoms. The monoisotopic (exact) mass is 282 g/mol. The van der Waals surface area contributed by atoms with Gasteiger partial charge in [-0.3, -0.25) is 0 Å². The molecular weight excluding hydrogens is 248 g/mol. The van der Waals surface area contributed by atoms with E-state index in [0.717, 1.165) is 38.4 Å². The summed E-state index contributed by atoms with van der Waals surface area (Å²) < 4.78 is 0. The molecule has 2 atom stereocenters. The molecule has 0 radical (unpaired) electrons. The fourth-order valence-electron chi connectivity index (χ4n) is 4.15. The SMILES string of the molecule is CCCNC1C(CN2CCC(O)CC2)CCCC1(C)C. The third-order valence-electron chi connectivity index (χ3n) is 5.37. The van der Waals surface area contributed by atoms with Crippen LogP contribution in [0.25, 0.3) is 0 Å². The van der Waals surface area contributed by atoms with E-state index < -0.39 is 0 Å². The molecule has 0 aromatic rings. The third-order valence-corrected chi connectivity index (χ3v) is 5.37. The van der Waals surface area contributed by atoms with Crippen molar-refractivity contribution in [1.82, 2.24) is 10.2 Å². The first-order chi connectivity index (χ1) is 9.53. The van der Waals surface area contributed by atoms with Gasteiger partial charge in [-0.2, -0.15) is 0 Å². The standard InChI is InChI=1S/C17H34N2O/c1-4-10-18-16-14(6-5-9-17(16,2)3)13-19-11-7-15(20)8-12-19/h14-16,18,20H,4-13H2,1-3H3. The molecule has 0 bridgehead atoms. The number of rotatable bonds is 5. The van der Waals surface area contributed by atoms with E-state index in [9.17, 15) is 5.11 Å². The molecule has 0 aromatic heterocycles. The number of nitrogens with one attached hydrogen (secondary N) is 1. The smallest absolute Gasteiger partial charge is 0.0564 e. The highest BCUT2D eigenvalue weighted by molar-refractivity contribution is 4.94. The number of hydrogen-bond acceptors (Lipinski definition) is 3. The number of hydrogen-bond donors (Lipinski definition) is 2. The van der Waals surface area contributed by atoms with Gasteiger partial charge in [0.1, 0.15) is 0 Å². The van der Waals surface area contributed by atoms with Crippen molar-refractivity contribution in [2.45, 2.75) is 71.4 Å². The normalized spacial score (nSPS) is 32.4. The fraction of sp³-hybridized carbons (Fsp3) is 1.00. The van der Waals surface area contributed by atoms with Crippen LogP contribution in [0.15, 0.2) is 0 Å². The van der Waals surface area contributed by atoms with Crippen molar-refractivity contribution in [2.24, 2.45) is 11.3 Å². The van der Waals surface area contributed by atoms with Gasteiger partial charge < -0.3 is 15.3 Å². The number of aliphatic hydroxyl groups is 1. The van der Waals surface area contributed by atoms with Gasteiger partial charge in [0.15, 0.2) is 0 Å². The van der Waals surface area contributed by atoms with Crippen LogP contribution in [0.2, 0.25) is 0 Å². The van der Waals surface area contributed by atoms with E-state index >= 15 is 0 Å². The van der Waals surface area contributed by atoms with E-state index in [2.05, 4.69) is 31.0 Å². The Morgan fingerprint density at radius 3 is 2.55 bits per heavy atom. The summed E-state index contributed by atoms with van der Waals surface area (Å²) in [5.41, 5.74) is 0.424. The Balaban J connectivity index is 1.92. The van der Waals surface area contributed by atoms with E-state index in [1.54, 1.807) is 0 Å². The Hall–Kier alpha value is -0.120. The highest BCUT2D eigenvalue weighted by Gasteiger charge is 2.39. The molecule has 2 fully saturated rings. The molecule has 2 unspecified atom stereocenters. The number of aliphatic hydroxyl groups excluding tert-OH is 1. The highest BCUT2D eigenvalue weighted by atomic mass is 16.3. The third kappa shape index (κ3) is 4.19. The van der Waals surface area contributed by atoms with Gasteiger partial charge in [-0.15, -0.1) is 0 Å². The average molecular weight is 282 g/mol. The van der Waals surface area contributed by atoms with E-state index in [4.69, 9.17) is 0 Å². The van der Waals surface area contributed by atoms with Gasteiger partial charge >= 0.3 is 0 Å². The zero-order chi connectivity index (χ0) is 14.6. The summed E-state index contributed by atoms with van der Waals surface area (Å²) in [6.07, 6.45) is 7.18. The first-order valence-corrected chi connectivity index (χ1v) is 8.66. The summed E-state index contributed by atoms with van der Waals surface area (Å²) in [6.45, 7) is 11.7. The molecule has 20 heavy (non-hydrogen) atoms. The minimum atomic E-state index is -0.0527. The zero-order valence-electron chi connectivity index (χ0n) is 13.7. The Kier molecular flexibility index (Phi) is 5.88. The van der Waals surface area contributed by atoms with Crippen LogP contribution in [0, 0.1) is 11.3 Å². The Labute approximate surface area is 125 Å². The second-order valence-corrected chi connectivity index (χ2v) is 7.60. The fourth-order valence-corrected chi connectivity index (χ4v) is 4.15. The van der Waals surface area contributed by atoms with Crippen LogP contribution in [0.3, 0.4) is 0 Å². The van der Waals surface area contributed by atoms with Gasteiger partial charge in [0, 0.05) is 25.7 Å². The number of likely N-dealkylation sites (tertiary alicyclic amines) is 1. The van der Waals surface area contributed by atoms with Crippen LogP contribution in [0.1, 0.15) is 59.3 Å². The molecular formula is C17H34N2O. The van der Waals surface area contributed by atoms with Gasteiger partial charge in [0.2, 0.25) is 0 Å². The lowest BCUT2D eigenvalue weighted by atomic mass is 9.67. The predicted molar refractivity (Wildman–Crippen MR) is 84.9 cm³/mol. The minimum absolute atomic E-state index is 0.0527. The van der Waals surface area contributed by atoms with Crippen LogP contribution in [0.5, 0.6) is 0 Å². The van der Waals surface area contributed by atoms with Gasteiger partial charge in [-0.05, 0) is 50.0 Å². The molecule has 0 amide bonds. The van der Waals surface area contributed by atoms with E-state index in [0.29, 0.717) is 11.5 Å². The molecule has 2 aliphatic rings. The van der Waals surface area contributed by atoms with Crippen LogP contribution in [-0.4, -0.2) is 48.3 Å². The number of piperidine rings is 1. The molecule has 3 nitrogen and oxygen atoms in total. The molecule has 118 valence electrons. The van der Waals surface area contributed by atoms with Gasteiger partial charge in [-0.1, -0.05) is 27.2 Å². The maximum atomic E-state index is 9.65. The topological polar surface area (TPSA) is 35.5 Å². The van der Waals surface area contributed by atoms with Gasteiger partial charge in [0.05, 0.1) is 6.10 Å². The Morgan fingerprint density at radius 1 is 1.20 bits per heavy atom. The van der Waals surface area contributed by atoms with Crippen molar-refractivity contribution >= 4 is 0 Å².